The molecule has 2 amide bonds. The first kappa shape index (κ1) is 18.9. The molecule has 7 heteroatoms. The number of carbonyl (C=O) groups excluding carboxylic acids is 2. The Balaban J connectivity index is 1.68. The standard InChI is InChI=1S/C22H22N2O5/c1-13(2)29-16-7-4-14(5-8-16)19-20(22(26)24(3)21(19)25)23-15-6-9-17-18(12-15)28-11-10-27-17/h4-9,12-13,23H,10-11H2,1-3H3. The Kier molecular flexibility index (Phi) is 4.88. The maximum Gasteiger partial charge on any atom is 0.277 e. The zero-order valence-electron chi connectivity index (χ0n) is 16.5. The van der Waals surface area contributed by atoms with Gasteiger partial charge >= 0.3 is 0 Å². The third-order valence-corrected chi connectivity index (χ3v) is 4.61. The van der Waals surface area contributed by atoms with E-state index in [0.29, 0.717) is 47.3 Å². The van der Waals surface area contributed by atoms with Crippen LogP contribution in [0, 0.1) is 0 Å². The Bertz CT molecular complexity index is 995. The smallest absolute Gasteiger partial charge is 0.277 e. The molecular weight excluding hydrogens is 372 g/mol. The molecule has 2 aliphatic rings. The van der Waals surface area contributed by atoms with E-state index in [1.165, 1.54) is 7.05 Å². The Morgan fingerprint density at radius 2 is 1.66 bits per heavy atom. The van der Waals surface area contributed by atoms with Crippen molar-refractivity contribution in [1.82, 2.24) is 4.90 Å². The highest BCUT2D eigenvalue weighted by Gasteiger charge is 2.37. The normalized spacial score (nSPS) is 15.9. The van der Waals surface area contributed by atoms with Gasteiger partial charge in [0.15, 0.2) is 11.5 Å². The van der Waals surface area contributed by atoms with E-state index in [-0.39, 0.29) is 23.6 Å². The van der Waals surface area contributed by atoms with Crippen LogP contribution in [0.25, 0.3) is 5.57 Å². The van der Waals surface area contributed by atoms with Crippen molar-refractivity contribution in [3.05, 3.63) is 53.7 Å². The van der Waals surface area contributed by atoms with Crippen molar-refractivity contribution in [2.45, 2.75) is 20.0 Å². The highest BCUT2D eigenvalue weighted by Crippen LogP contribution is 2.35. The van der Waals surface area contributed by atoms with Gasteiger partial charge in [0, 0.05) is 18.8 Å². The topological polar surface area (TPSA) is 77.1 Å². The maximum absolute atomic E-state index is 12.7. The first-order valence-corrected chi connectivity index (χ1v) is 9.44. The van der Waals surface area contributed by atoms with E-state index >= 15 is 0 Å². The summed E-state index contributed by atoms with van der Waals surface area (Å²) in [5.41, 5.74) is 1.83. The van der Waals surface area contributed by atoms with Crippen LogP contribution >= 0.6 is 0 Å². The number of fused-ring (bicyclic) bond motifs is 1. The predicted molar refractivity (Wildman–Crippen MR) is 108 cm³/mol. The first-order valence-electron chi connectivity index (χ1n) is 9.44. The minimum atomic E-state index is -0.387. The van der Waals surface area contributed by atoms with Crippen molar-refractivity contribution in [3.63, 3.8) is 0 Å². The lowest BCUT2D eigenvalue weighted by Crippen LogP contribution is -2.27. The number of anilines is 1. The Hall–Kier alpha value is -3.48. The van der Waals surface area contributed by atoms with Gasteiger partial charge < -0.3 is 19.5 Å². The summed E-state index contributed by atoms with van der Waals surface area (Å²) in [7, 11) is 1.47. The number of imide groups is 1. The molecule has 0 bridgehead atoms. The van der Waals surface area contributed by atoms with E-state index in [1.54, 1.807) is 42.5 Å². The second-order valence-corrected chi connectivity index (χ2v) is 7.09. The molecular formula is C22H22N2O5. The average molecular weight is 394 g/mol. The Labute approximate surface area is 168 Å². The molecule has 0 fully saturated rings. The number of likely N-dealkylation sites (N-methyl/N-ethyl adjacent to an activating group) is 1. The van der Waals surface area contributed by atoms with E-state index in [1.807, 2.05) is 13.8 Å². The van der Waals surface area contributed by atoms with E-state index in [2.05, 4.69) is 5.32 Å². The second-order valence-electron chi connectivity index (χ2n) is 7.09. The molecule has 4 rings (SSSR count). The number of ether oxygens (including phenoxy) is 3. The summed E-state index contributed by atoms with van der Waals surface area (Å²) in [6.07, 6.45) is 0.0494. The van der Waals surface area contributed by atoms with Crippen LogP contribution in [-0.4, -0.2) is 43.1 Å². The fraction of sp³-hybridized carbons (Fsp3) is 0.273. The Morgan fingerprint density at radius 1 is 0.966 bits per heavy atom. The molecule has 2 heterocycles. The number of amides is 2. The largest absolute Gasteiger partial charge is 0.491 e. The van der Waals surface area contributed by atoms with Crippen molar-refractivity contribution in [1.29, 1.82) is 0 Å². The molecule has 7 nitrogen and oxygen atoms in total. The lowest BCUT2D eigenvalue weighted by molar-refractivity contribution is -0.135. The molecule has 29 heavy (non-hydrogen) atoms. The molecule has 0 saturated carbocycles. The summed E-state index contributed by atoms with van der Waals surface area (Å²) < 4.78 is 16.8. The minimum absolute atomic E-state index is 0.0494. The third-order valence-electron chi connectivity index (χ3n) is 4.61. The molecule has 2 aliphatic heterocycles. The van der Waals surface area contributed by atoms with E-state index in [0.717, 1.165) is 4.90 Å². The quantitative estimate of drug-likeness (QED) is 0.786. The van der Waals surface area contributed by atoms with Crippen LogP contribution in [0.3, 0.4) is 0 Å². The Morgan fingerprint density at radius 3 is 2.34 bits per heavy atom. The average Bonchev–Trinajstić information content (AvgIpc) is 2.92. The fourth-order valence-electron chi connectivity index (χ4n) is 3.26. The van der Waals surface area contributed by atoms with Gasteiger partial charge in [0.25, 0.3) is 11.8 Å². The summed E-state index contributed by atoms with van der Waals surface area (Å²) in [4.78, 5) is 26.6. The number of nitrogens with one attached hydrogen (secondary N) is 1. The maximum atomic E-state index is 12.7. The summed E-state index contributed by atoms with van der Waals surface area (Å²) in [5, 5.41) is 3.10. The van der Waals surface area contributed by atoms with Gasteiger partial charge in [0.1, 0.15) is 24.7 Å². The SMILES string of the molecule is CC(C)Oc1ccc(C2=C(Nc3ccc4c(c3)OCCO4)C(=O)N(C)C2=O)cc1. The van der Waals surface area contributed by atoms with Gasteiger partial charge in [-0.3, -0.25) is 14.5 Å². The molecule has 2 aromatic carbocycles. The van der Waals surface area contributed by atoms with Crippen LogP contribution < -0.4 is 19.5 Å². The number of hydrogen-bond donors (Lipinski definition) is 1. The molecule has 0 aliphatic carbocycles. The van der Waals surface area contributed by atoms with Crippen LogP contribution in [0.4, 0.5) is 5.69 Å². The lowest BCUT2D eigenvalue weighted by Gasteiger charge is -2.19. The summed E-state index contributed by atoms with van der Waals surface area (Å²) >= 11 is 0. The van der Waals surface area contributed by atoms with Crippen molar-refractivity contribution in [2.24, 2.45) is 0 Å². The molecule has 1 N–H and O–H groups in total. The molecule has 0 radical (unpaired) electrons. The number of hydrogen-bond acceptors (Lipinski definition) is 6. The van der Waals surface area contributed by atoms with Crippen LogP contribution in [0.5, 0.6) is 17.2 Å². The van der Waals surface area contributed by atoms with E-state index < -0.39 is 0 Å². The van der Waals surface area contributed by atoms with Gasteiger partial charge in [-0.1, -0.05) is 12.1 Å². The number of carbonyl (C=O) groups is 2. The number of benzene rings is 2. The third kappa shape index (κ3) is 3.63. The van der Waals surface area contributed by atoms with Crippen LogP contribution in [0.15, 0.2) is 48.2 Å². The molecule has 2 aromatic rings. The predicted octanol–water partition coefficient (Wildman–Crippen LogP) is 3.07. The highest BCUT2D eigenvalue weighted by atomic mass is 16.6. The van der Waals surface area contributed by atoms with Crippen LogP contribution in [0.2, 0.25) is 0 Å². The second kappa shape index (κ2) is 7.50. The van der Waals surface area contributed by atoms with Gasteiger partial charge in [-0.15, -0.1) is 0 Å². The molecule has 0 spiro atoms. The van der Waals surface area contributed by atoms with Crippen molar-refractivity contribution in [2.75, 3.05) is 25.6 Å². The summed E-state index contributed by atoms with van der Waals surface area (Å²) in [6, 6.07) is 12.5. The van der Waals surface area contributed by atoms with Crippen molar-refractivity contribution in [3.8, 4) is 17.2 Å². The van der Waals surface area contributed by atoms with Gasteiger partial charge in [-0.05, 0) is 43.7 Å². The minimum Gasteiger partial charge on any atom is -0.491 e. The van der Waals surface area contributed by atoms with Crippen LogP contribution in [0.1, 0.15) is 19.4 Å². The number of rotatable bonds is 5. The molecule has 150 valence electrons. The molecule has 0 aromatic heterocycles. The highest BCUT2D eigenvalue weighted by molar-refractivity contribution is 6.36. The lowest BCUT2D eigenvalue weighted by atomic mass is 10.0. The zero-order valence-corrected chi connectivity index (χ0v) is 16.5. The van der Waals surface area contributed by atoms with Crippen LogP contribution in [-0.2, 0) is 9.59 Å². The summed E-state index contributed by atoms with van der Waals surface area (Å²) in [6.45, 7) is 4.86. The van der Waals surface area contributed by atoms with Gasteiger partial charge in [0.2, 0.25) is 0 Å². The van der Waals surface area contributed by atoms with Crippen molar-refractivity contribution >= 4 is 23.1 Å². The summed E-state index contributed by atoms with van der Waals surface area (Å²) in [5.74, 6) is 1.22. The van der Waals surface area contributed by atoms with Crippen molar-refractivity contribution < 1.29 is 23.8 Å². The first-order chi connectivity index (χ1) is 13.9. The monoisotopic (exact) mass is 394 g/mol. The van der Waals surface area contributed by atoms with Gasteiger partial charge in [0.05, 0.1) is 11.7 Å². The molecule has 0 atom stereocenters. The zero-order chi connectivity index (χ0) is 20.5. The van der Waals surface area contributed by atoms with Gasteiger partial charge in [-0.2, -0.15) is 0 Å². The number of nitrogens with zero attached hydrogens (tertiary/aromatic N) is 1. The molecule has 0 saturated heterocycles. The fourth-order valence-corrected chi connectivity index (χ4v) is 3.26. The molecule has 0 unspecified atom stereocenters. The van der Waals surface area contributed by atoms with E-state index in [9.17, 15) is 9.59 Å². The van der Waals surface area contributed by atoms with E-state index in [4.69, 9.17) is 14.2 Å². The van der Waals surface area contributed by atoms with Gasteiger partial charge in [-0.25, -0.2) is 0 Å².